The van der Waals surface area contributed by atoms with Gasteiger partial charge < -0.3 is 10.1 Å². The molecule has 5 atom stereocenters. The number of fused-ring (bicyclic) bond motifs is 3. The zero-order chi connectivity index (χ0) is 18.2. The van der Waals surface area contributed by atoms with Crippen molar-refractivity contribution in [2.75, 3.05) is 0 Å². The van der Waals surface area contributed by atoms with E-state index in [1.54, 1.807) is 0 Å². The first kappa shape index (κ1) is 17.3. The monoisotopic (exact) mass is 361 g/mol. The fourth-order valence-corrected chi connectivity index (χ4v) is 5.62. The van der Waals surface area contributed by atoms with E-state index in [4.69, 9.17) is 4.74 Å². The molecule has 1 saturated heterocycles. The van der Waals surface area contributed by atoms with Crippen LogP contribution < -0.4 is 5.32 Å². The van der Waals surface area contributed by atoms with Crippen molar-refractivity contribution in [3.8, 4) is 0 Å². The van der Waals surface area contributed by atoms with Crippen LogP contribution in [-0.2, 0) is 4.74 Å². The van der Waals surface area contributed by atoms with Gasteiger partial charge in [-0.15, -0.1) is 0 Å². The Morgan fingerprint density at radius 1 is 0.926 bits per heavy atom. The Morgan fingerprint density at radius 2 is 1.74 bits per heavy atom. The van der Waals surface area contributed by atoms with Gasteiger partial charge in [-0.05, 0) is 42.4 Å². The SMILES string of the molecule is CCC1=CC=C(C2CCCCC2)NC1C1=CC=CC2C1OC1C=CC=CC12. The topological polar surface area (TPSA) is 21.3 Å². The molecule has 2 fully saturated rings. The fraction of sp³-hybridized carbons (Fsp3) is 0.520. The molecule has 3 aliphatic carbocycles. The van der Waals surface area contributed by atoms with Gasteiger partial charge in [0.15, 0.2) is 0 Å². The lowest BCUT2D eigenvalue weighted by Crippen LogP contribution is -2.42. The van der Waals surface area contributed by atoms with E-state index in [-0.39, 0.29) is 12.2 Å². The van der Waals surface area contributed by atoms with Crippen LogP contribution in [0.4, 0.5) is 0 Å². The van der Waals surface area contributed by atoms with Gasteiger partial charge in [0.25, 0.3) is 0 Å². The number of rotatable bonds is 3. The Balaban J connectivity index is 1.41. The van der Waals surface area contributed by atoms with Crippen LogP contribution in [0.2, 0.25) is 0 Å². The molecule has 2 nitrogen and oxygen atoms in total. The van der Waals surface area contributed by atoms with Gasteiger partial charge in [0.2, 0.25) is 0 Å². The van der Waals surface area contributed by atoms with Crippen molar-refractivity contribution < 1.29 is 4.74 Å². The van der Waals surface area contributed by atoms with Gasteiger partial charge >= 0.3 is 0 Å². The van der Waals surface area contributed by atoms with E-state index in [9.17, 15) is 0 Å². The summed E-state index contributed by atoms with van der Waals surface area (Å²) in [5.41, 5.74) is 4.37. The lowest BCUT2D eigenvalue weighted by Gasteiger charge is -2.37. The molecular weight excluding hydrogens is 330 g/mol. The van der Waals surface area contributed by atoms with Gasteiger partial charge in [0, 0.05) is 17.5 Å². The molecule has 0 amide bonds. The Hall–Kier alpha value is -1.80. The van der Waals surface area contributed by atoms with Crippen molar-refractivity contribution in [2.45, 2.75) is 63.7 Å². The third kappa shape index (κ3) is 3.08. The minimum atomic E-state index is 0.190. The van der Waals surface area contributed by atoms with Crippen molar-refractivity contribution in [3.05, 3.63) is 71.5 Å². The van der Waals surface area contributed by atoms with Crippen LogP contribution in [0.25, 0.3) is 0 Å². The van der Waals surface area contributed by atoms with Crippen LogP contribution >= 0.6 is 0 Å². The third-order valence-electron chi connectivity index (χ3n) is 7.12. The van der Waals surface area contributed by atoms with Crippen LogP contribution in [0.5, 0.6) is 0 Å². The van der Waals surface area contributed by atoms with Gasteiger partial charge in [-0.3, -0.25) is 0 Å². The highest BCUT2D eigenvalue weighted by Gasteiger charge is 2.45. The Labute approximate surface area is 163 Å². The number of ether oxygens (including phenoxy) is 1. The molecule has 0 spiro atoms. The summed E-state index contributed by atoms with van der Waals surface area (Å²) in [7, 11) is 0. The van der Waals surface area contributed by atoms with Gasteiger partial charge in [0.05, 0.1) is 18.2 Å². The standard InChI is InChI=1S/C25H31NO/c1-2-17-15-16-22(18-9-4-3-5-10-18)26-24(17)21-13-8-12-20-19-11-6-7-14-23(19)27-25(20)21/h6-8,11-16,18-20,23-26H,2-5,9-10H2,1H3. The summed E-state index contributed by atoms with van der Waals surface area (Å²) < 4.78 is 6.56. The quantitative estimate of drug-likeness (QED) is 0.728. The van der Waals surface area contributed by atoms with Gasteiger partial charge in [-0.1, -0.05) is 74.8 Å². The molecule has 0 bridgehead atoms. The zero-order valence-corrected chi connectivity index (χ0v) is 16.3. The Bertz CT molecular complexity index is 759. The molecule has 2 heteroatoms. The molecule has 5 aliphatic rings. The van der Waals surface area contributed by atoms with E-state index >= 15 is 0 Å². The number of nitrogens with one attached hydrogen (secondary N) is 1. The molecule has 5 unspecified atom stereocenters. The van der Waals surface area contributed by atoms with E-state index in [0.717, 1.165) is 6.42 Å². The summed E-state index contributed by atoms with van der Waals surface area (Å²) in [6.07, 6.45) is 28.9. The van der Waals surface area contributed by atoms with Crippen molar-refractivity contribution in [2.24, 2.45) is 17.8 Å². The van der Waals surface area contributed by atoms with E-state index < -0.39 is 0 Å². The number of hydrogen-bond acceptors (Lipinski definition) is 2. The Morgan fingerprint density at radius 3 is 2.59 bits per heavy atom. The second-order valence-corrected chi connectivity index (χ2v) is 8.63. The molecule has 27 heavy (non-hydrogen) atoms. The molecule has 5 rings (SSSR count). The predicted octanol–water partition coefficient (Wildman–Crippen LogP) is 5.38. The van der Waals surface area contributed by atoms with Crippen LogP contribution in [0.15, 0.2) is 71.5 Å². The van der Waals surface area contributed by atoms with Crippen LogP contribution in [-0.4, -0.2) is 18.2 Å². The van der Waals surface area contributed by atoms with Crippen LogP contribution in [0.1, 0.15) is 45.4 Å². The van der Waals surface area contributed by atoms with Crippen molar-refractivity contribution >= 4 is 0 Å². The van der Waals surface area contributed by atoms with Crippen molar-refractivity contribution in [1.82, 2.24) is 5.32 Å². The summed E-state index contributed by atoms with van der Waals surface area (Å²) >= 11 is 0. The summed E-state index contributed by atoms with van der Waals surface area (Å²) in [5, 5.41) is 3.96. The number of dihydropyridines is 1. The van der Waals surface area contributed by atoms with E-state index in [1.165, 1.54) is 48.9 Å². The molecule has 2 heterocycles. The highest BCUT2D eigenvalue weighted by atomic mass is 16.5. The minimum absolute atomic E-state index is 0.190. The lowest BCUT2D eigenvalue weighted by atomic mass is 9.76. The summed E-state index contributed by atoms with van der Waals surface area (Å²) in [6, 6.07) is 0.294. The molecule has 1 N–H and O–H groups in total. The van der Waals surface area contributed by atoms with Crippen LogP contribution in [0.3, 0.4) is 0 Å². The summed E-state index contributed by atoms with van der Waals surface area (Å²) in [6.45, 7) is 2.28. The molecule has 0 radical (unpaired) electrons. The molecule has 142 valence electrons. The van der Waals surface area contributed by atoms with Gasteiger partial charge in [-0.25, -0.2) is 0 Å². The number of hydrogen-bond donors (Lipinski definition) is 1. The largest absolute Gasteiger partial charge is 0.378 e. The van der Waals surface area contributed by atoms with E-state index in [2.05, 4.69) is 66.9 Å². The van der Waals surface area contributed by atoms with Crippen LogP contribution in [0, 0.1) is 17.8 Å². The molecule has 0 aromatic rings. The first-order chi connectivity index (χ1) is 13.3. The molecule has 0 aromatic carbocycles. The first-order valence-electron chi connectivity index (χ1n) is 10.9. The normalized spacial score (nSPS) is 37.8. The minimum Gasteiger partial charge on any atom is -0.378 e. The van der Waals surface area contributed by atoms with Crippen molar-refractivity contribution in [3.63, 3.8) is 0 Å². The molecule has 0 aromatic heterocycles. The zero-order valence-electron chi connectivity index (χ0n) is 16.3. The van der Waals surface area contributed by atoms with Gasteiger partial charge in [0.1, 0.15) is 0 Å². The number of allylic oxidation sites excluding steroid dienone is 7. The van der Waals surface area contributed by atoms with Crippen molar-refractivity contribution in [1.29, 1.82) is 0 Å². The van der Waals surface area contributed by atoms with E-state index in [1.807, 2.05) is 0 Å². The molecule has 2 aliphatic heterocycles. The highest BCUT2D eigenvalue weighted by molar-refractivity contribution is 5.43. The average molecular weight is 362 g/mol. The highest BCUT2D eigenvalue weighted by Crippen LogP contribution is 2.44. The first-order valence-corrected chi connectivity index (χ1v) is 10.9. The summed E-state index contributed by atoms with van der Waals surface area (Å²) in [5.74, 6) is 1.65. The molecular formula is C25H31NO. The second kappa shape index (κ2) is 7.31. The fourth-order valence-electron chi connectivity index (χ4n) is 5.62. The second-order valence-electron chi connectivity index (χ2n) is 8.63. The third-order valence-corrected chi connectivity index (χ3v) is 7.12. The maximum Gasteiger partial charge on any atom is 0.0888 e. The molecule has 1 saturated carbocycles. The maximum absolute atomic E-state index is 6.56. The predicted molar refractivity (Wildman–Crippen MR) is 111 cm³/mol. The smallest absolute Gasteiger partial charge is 0.0888 e. The maximum atomic E-state index is 6.56. The van der Waals surface area contributed by atoms with E-state index in [0.29, 0.717) is 23.8 Å². The van der Waals surface area contributed by atoms with Gasteiger partial charge in [-0.2, -0.15) is 0 Å². The average Bonchev–Trinajstić information content (AvgIpc) is 3.13. The summed E-state index contributed by atoms with van der Waals surface area (Å²) in [4.78, 5) is 0. The Kier molecular flexibility index (Phi) is 4.69. The lowest BCUT2D eigenvalue weighted by molar-refractivity contribution is 0.0776.